The molecule has 0 unspecified atom stereocenters. The molecule has 2 aliphatic rings. The minimum Gasteiger partial charge on any atom is -0.478 e. The molecule has 158 valence electrons. The molecule has 0 amide bonds. The summed E-state index contributed by atoms with van der Waals surface area (Å²) in [5.41, 5.74) is 16.9. The number of hydrogen-bond donors (Lipinski definition) is 4. The van der Waals surface area contributed by atoms with Crippen LogP contribution in [0.15, 0.2) is 36.4 Å². The van der Waals surface area contributed by atoms with Gasteiger partial charge in [-0.1, -0.05) is 24.3 Å². The van der Waals surface area contributed by atoms with Gasteiger partial charge < -0.3 is 26.6 Å². The Kier molecular flexibility index (Phi) is 6.63. The van der Waals surface area contributed by atoms with E-state index >= 15 is 0 Å². The van der Waals surface area contributed by atoms with E-state index in [1.165, 1.54) is 16.7 Å². The zero-order valence-corrected chi connectivity index (χ0v) is 16.5. The van der Waals surface area contributed by atoms with Gasteiger partial charge in [-0.2, -0.15) is 4.98 Å². The average molecular weight is 411 g/mol. The third-order valence-corrected chi connectivity index (χ3v) is 5.04. The Balaban J connectivity index is 0.000000275. The van der Waals surface area contributed by atoms with Crippen LogP contribution in [0.3, 0.4) is 0 Å². The normalized spacial score (nSPS) is 17.5. The summed E-state index contributed by atoms with van der Waals surface area (Å²) in [7, 11) is 0. The van der Waals surface area contributed by atoms with Gasteiger partial charge in [0.05, 0.1) is 5.69 Å². The summed E-state index contributed by atoms with van der Waals surface area (Å²) in [6, 6.07) is 8.72. The zero-order chi connectivity index (χ0) is 21.7. The van der Waals surface area contributed by atoms with Crippen LogP contribution in [0, 0.1) is 0 Å². The molecular weight excluding hydrogens is 386 g/mol. The highest BCUT2D eigenvalue weighted by Crippen LogP contribution is 2.36. The second-order valence-corrected chi connectivity index (χ2v) is 7.25. The van der Waals surface area contributed by atoms with Crippen LogP contribution in [0.2, 0.25) is 0 Å². The summed E-state index contributed by atoms with van der Waals surface area (Å²) in [4.78, 5) is 30.5. The Labute approximate surface area is 174 Å². The molecule has 1 aromatic carbocycles. The first kappa shape index (κ1) is 21.3. The molecule has 6 N–H and O–H groups in total. The fourth-order valence-corrected chi connectivity index (χ4v) is 3.75. The van der Waals surface area contributed by atoms with E-state index in [-0.39, 0.29) is 6.04 Å². The Morgan fingerprint density at radius 1 is 1.10 bits per heavy atom. The van der Waals surface area contributed by atoms with Gasteiger partial charge in [-0.3, -0.25) is 0 Å². The van der Waals surface area contributed by atoms with E-state index in [9.17, 15) is 9.59 Å². The number of hydrogen-bond acceptors (Lipinski definition) is 7. The van der Waals surface area contributed by atoms with Crippen LogP contribution in [0.25, 0.3) is 11.3 Å². The van der Waals surface area contributed by atoms with Crippen molar-refractivity contribution in [3.05, 3.63) is 47.5 Å². The molecule has 1 aromatic heterocycles. The lowest BCUT2D eigenvalue weighted by molar-refractivity contribution is -0.134. The van der Waals surface area contributed by atoms with Crippen molar-refractivity contribution in [2.24, 2.45) is 5.73 Å². The predicted molar refractivity (Wildman–Crippen MR) is 113 cm³/mol. The summed E-state index contributed by atoms with van der Waals surface area (Å²) in [6.07, 6.45) is 5.31. The minimum atomic E-state index is -1.26. The number of nitrogen functional groups attached to an aromatic ring is 1. The third kappa shape index (κ3) is 5.12. The Hall–Kier alpha value is -3.46. The van der Waals surface area contributed by atoms with Gasteiger partial charge in [0, 0.05) is 42.4 Å². The fourth-order valence-electron chi connectivity index (χ4n) is 3.75. The molecule has 1 atom stereocenters. The topological polar surface area (TPSA) is 156 Å². The lowest BCUT2D eigenvalue weighted by Gasteiger charge is -2.22. The number of aryl methyl sites for hydroxylation is 1. The fraction of sp³-hybridized carbons (Fsp3) is 0.333. The molecule has 0 radical (unpaired) electrons. The molecule has 1 saturated heterocycles. The van der Waals surface area contributed by atoms with Gasteiger partial charge in [0.25, 0.3) is 0 Å². The second-order valence-electron chi connectivity index (χ2n) is 7.25. The van der Waals surface area contributed by atoms with Crippen molar-refractivity contribution < 1.29 is 19.8 Å². The second kappa shape index (κ2) is 9.36. The van der Waals surface area contributed by atoms with Gasteiger partial charge in [-0.25, -0.2) is 14.6 Å². The number of carboxylic acids is 2. The van der Waals surface area contributed by atoms with Crippen molar-refractivity contribution >= 4 is 23.7 Å². The number of fused-ring (bicyclic) bond motifs is 3. The highest BCUT2D eigenvalue weighted by atomic mass is 16.4. The molecule has 0 bridgehead atoms. The molecule has 30 heavy (non-hydrogen) atoms. The SMILES string of the molecule is Nc1nc2c(c(N3CC[C@@H](N)C3)n1)CCCc1ccccc1-2.O=C(O)/C=C\C(=O)O. The van der Waals surface area contributed by atoms with Crippen molar-refractivity contribution in [3.63, 3.8) is 0 Å². The van der Waals surface area contributed by atoms with Gasteiger partial charge >= 0.3 is 11.9 Å². The molecule has 2 heterocycles. The van der Waals surface area contributed by atoms with Crippen LogP contribution in [0.4, 0.5) is 11.8 Å². The molecule has 4 rings (SSSR count). The standard InChI is InChI=1S/C17H21N5.C4H4O4/c18-12-8-9-22(10-12)16-14-7-3-5-11-4-1-2-6-13(11)15(14)20-17(19)21-16;5-3(6)1-2-4(7)8/h1-2,4,6,12H,3,5,7-10,18H2,(H2,19,20,21);1-2H,(H,5,6)(H,7,8)/b;2-1-/t12-;/m1./s1. The number of aliphatic carboxylic acids is 2. The molecule has 1 aliphatic carbocycles. The number of carbonyl (C=O) groups is 2. The predicted octanol–water partition coefficient (Wildman–Crippen LogP) is 1.46. The monoisotopic (exact) mass is 411 g/mol. The maximum absolute atomic E-state index is 9.55. The van der Waals surface area contributed by atoms with E-state index in [0.29, 0.717) is 18.1 Å². The van der Waals surface area contributed by atoms with E-state index in [0.717, 1.165) is 50.3 Å². The summed E-state index contributed by atoms with van der Waals surface area (Å²) in [5.74, 6) is -1.17. The van der Waals surface area contributed by atoms with Crippen molar-refractivity contribution in [1.29, 1.82) is 0 Å². The van der Waals surface area contributed by atoms with Gasteiger partial charge in [-0.15, -0.1) is 0 Å². The molecular formula is C21H25N5O4. The highest BCUT2D eigenvalue weighted by Gasteiger charge is 2.27. The first-order chi connectivity index (χ1) is 14.3. The molecule has 9 heteroatoms. The lowest BCUT2D eigenvalue weighted by Crippen LogP contribution is -2.28. The largest absolute Gasteiger partial charge is 0.478 e. The van der Waals surface area contributed by atoms with Crippen molar-refractivity contribution in [2.45, 2.75) is 31.7 Å². The van der Waals surface area contributed by atoms with Crippen LogP contribution >= 0.6 is 0 Å². The van der Waals surface area contributed by atoms with Crippen LogP contribution in [-0.4, -0.2) is 51.3 Å². The number of rotatable bonds is 3. The quantitative estimate of drug-likeness (QED) is 0.549. The van der Waals surface area contributed by atoms with Gasteiger partial charge in [0.2, 0.25) is 5.95 Å². The minimum absolute atomic E-state index is 0.227. The molecule has 1 aliphatic heterocycles. The number of aromatic nitrogens is 2. The van der Waals surface area contributed by atoms with Crippen LogP contribution < -0.4 is 16.4 Å². The molecule has 0 saturated carbocycles. The average Bonchev–Trinajstić information content (AvgIpc) is 3.05. The zero-order valence-electron chi connectivity index (χ0n) is 16.5. The van der Waals surface area contributed by atoms with Gasteiger partial charge in [0.1, 0.15) is 5.82 Å². The summed E-state index contributed by atoms with van der Waals surface area (Å²) in [5, 5.41) is 15.6. The van der Waals surface area contributed by atoms with Crippen LogP contribution in [0.5, 0.6) is 0 Å². The summed E-state index contributed by atoms with van der Waals surface area (Å²) in [6.45, 7) is 1.80. The molecule has 2 aromatic rings. The Bertz CT molecular complexity index is 960. The van der Waals surface area contributed by atoms with E-state index in [4.69, 9.17) is 21.7 Å². The lowest BCUT2D eigenvalue weighted by atomic mass is 10.0. The smallest absolute Gasteiger partial charge is 0.328 e. The van der Waals surface area contributed by atoms with E-state index in [2.05, 4.69) is 39.1 Å². The number of carboxylic acid groups (broad SMARTS) is 2. The Morgan fingerprint density at radius 2 is 1.80 bits per heavy atom. The maximum Gasteiger partial charge on any atom is 0.328 e. The van der Waals surface area contributed by atoms with Crippen molar-refractivity contribution in [1.82, 2.24) is 9.97 Å². The first-order valence-electron chi connectivity index (χ1n) is 9.74. The number of nitrogens with two attached hydrogens (primary N) is 2. The van der Waals surface area contributed by atoms with Crippen molar-refractivity contribution in [3.8, 4) is 11.3 Å². The van der Waals surface area contributed by atoms with E-state index < -0.39 is 11.9 Å². The molecule has 1 fully saturated rings. The molecule has 0 spiro atoms. The van der Waals surface area contributed by atoms with E-state index in [1.807, 2.05) is 0 Å². The Morgan fingerprint density at radius 3 is 2.43 bits per heavy atom. The number of anilines is 2. The molecule has 9 nitrogen and oxygen atoms in total. The maximum atomic E-state index is 9.55. The van der Waals surface area contributed by atoms with Gasteiger partial charge in [0.15, 0.2) is 0 Å². The first-order valence-corrected chi connectivity index (χ1v) is 9.74. The van der Waals surface area contributed by atoms with E-state index in [1.54, 1.807) is 0 Å². The number of benzene rings is 1. The highest BCUT2D eigenvalue weighted by molar-refractivity contribution is 5.89. The van der Waals surface area contributed by atoms with Crippen LogP contribution in [0.1, 0.15) is 24.0 Å². The van der Waals surface area contributed by atoms with Crippen LogP contribution in [-0.2, 0) is 22.4 Å². The summed E-state index contributed by atoms with van der Waals surface area (Å²) < 4.78 is 0. The third-order valence-electron chi connectivity index (χ3n) is 5.04. The number of nitrogens with zero attached hydrogens (tertiary/aromatic N) is 3. The van der Waals surface area contributed by atoms with Crippen molar-refractivity contribution in [2.75, 3.05) is 23.7 Å². The van der Waals surface area contributed by atoms with Gasteiger partial charge in [-0.05, 0) is 31.2 Å². The summed E-state index contributed by atoms with van der Waals surface area (Å²) >= 11 is 0.